The quantitative estimate of drug-likeness (QED) is 0.881. The third-order valence-corrected chi connectivity index (χ3v) is 4.81. The van der Waals surface area contributed by atoms with Crippen molar-refractivity contribution in [2.24, 2.45) is 0 Å². The van der Waals surface area contributed by atoms with E-state index >= 15 is 0 Å². The summed E-state index contributed by atoms with van der Waals surface area (Å²) in [7, 11) is 0. The molecule has 0 aromatic heterocycles. The summed E-state index contributed by atoms with van der Waals surface area (Å²) >= 11 is 0. The van der Waals surface area contributed by atoms with Crippen LogP contribution in [0.2, 0.25) is 0 Å². The molecule has 1 saturated heterocycles. The highest BCUT2D eigenvalue weighted by molar-refractivity contribution is 5.80. The Bertz CT molecular complexity index is 540. The molecule has 1 saturated carbocycles. The van der Waals surface area contributed by atoms with Crippen LogP contribution >= 0.6 is 0 Å². The van der Waals surface area contributed by atoms with Crippen molar-refractivity contribution in [2.45, 2.75) is 50.6 Å². The van der Waals surface area contributed by atoms with Crippen LogP contribution < -0.4 is 10.6 Å². The fourth-order valence-electron chi connectivity index (χ4n) is 3.55. The van der Waals surface area contributed by atoms with Crippen molar-refractivity contribution in [1.82, 2.24) is 15.5 Å². The predicted octanol–water partition coefficient (Wildman–Crippen LogP) is 2.59. The molecule has 124 valence electrons. The van der Waals surface area contributed by atoms with Crippen LogP contribution in [0.3, 0.4) is 0 Å². The summed E-state index contributed by atoms with van der Waals surface area (Å²) in [4.78, 5) is 26.6. The fraction of sp³-hybridized carbons (Fsp3) is 0.556. The van der Waals surface area contributed by atoms with E-state index in [0.29, 0.717) is 19.5 Å². The number of carbonyl (C=O) groups excluding carboxylic acids is 2. The molecule has 1 aliphatic heterocycles. The monoisotopic (exact) mass is 315 g/mol. The molecule has 23 heavy (non-hydrogen) atoms. The number of nitrogens with zero attached hydrogens (tertiary/aromatic N) is 1. The van der Waals surface area contributed by atoms with Gasteiger partial charge in [0.05, 0.1) is 12.5 Å². The smallest absolute Gasteiger partial charge is 0.318 e. The van der Waals surface area contributed by atoms with Crippen LogP contribution in [-0.2, 0) is 4.79 Å². The van der Waals surface area contributed by atoms with E-state index in [1.54, 1.807) is 0 Å². The molecule has 5 nitrogen and oxygen atoms in total. The van der Waals surface area contributed by atoms with Crippen molar-refractivity contribution in [3.8, 4) is 0 Å². The predicted molar refractivity (Wildman–Crippen MR) is 88.9 cm³/mol. The molecular weight excluding hydrogens is 290 g/mol. The largest absolute Gasteiger partial charge is 0.354 e. The number of urea groups is 1. The Balaban J connectivity index is 1.75. The van der Waals surface area contributed by atoms with E-state index in [0.717, 1.165) is 18.4 Å². The van der Waals surface area contributed by atoms with Gasteiger partial charge in [0.1, 0.15) is 0 Å². The molecule has 1 heterocycles. The Kier molecular flexibility index (Phi) is 5.16. The van der Waals surface area contributed by atoms with Crippen molar-refractivity contribution in [3.05, 3.63) is 35.9 Å². The minimum absolute atomic E-state index is 0.00631. The van der Waals surface area contributed by atoms with E-state index < -0.39 is 0 Å². The minimum atomic E-state index is -0.192. The third-order valence-electron chi connectivity index (χ3n) is 4.81. The van der Waals surface area contributed by atoms with Crippen LogP contribution in [0, 0.1) is 0 Å². The van der Waals surface area contributed by atoms with Gasteiger partial charge in [-0.05, 0) is 18.4 Å². The summed E-state index contributed by atoms with van der Waals surface area (Å²) in [5.41, 5.74) is 1.02. The first-order chi connectivity index (χ1) is 11.2. The normalized spacial score (nSPS) is 23.0. The molecule has 3 rings (SSSR count). The Morgan fingerprint density at radius 3 is 2.61 bits per heavy atom. The molecule has 5 heteroatoms. The summed E-state index contributed by atoms with van der Waals surface area (Å²) < 4.78 is 0. The molecule has 2 aliphatic rings. The van der Waals surface area contributed by atoms with Crippen molar-refractivity contribution in [2.75, 3.05) is 13.1 Å². The molecule has 0 spiro atoms. The first-order valence-electron chi connectivity index (χ1n) is 8.63. The van der Waals surface area contributed by atoms with Crippen molar-refractivity contribution in [3.63, 3.8) is 0 Å². The summed E-state index contributed by atoms with van der Waals surface area (Å²) in [6.45, 7) is 1.06. The van der Waals surface area contributed by atoms with E-state index in [-0.39, 0.29) is 24.0 Å². The molecule has 1 aromatic rings. The standard InChI is InChI=1S/C18H25N3O2/c22-17-13-16(14-7-3-1-4-8-14)21(12-11-19-17)18(23)20-15-9-5-2-6-10-15/h1,3-4,7-8,15-16H,2,5-6,9-13H2,(H,19,22)(H,20,23)/t16-/m0/s1. The van der Waals surface area contributed by atoms with Gasteiger partial charge in [0, 0.05) is 19.1 Å². The van der Waals surface area contributed by atoms with Crippen molar-refractivity contribution >= 4 is 11.9 Å². The lowest BCUT2D eigenvalue weighted by Gasteiger charge is -2.32. The first-order valence-corrected chi connectivity index (χ1v) is 8.63. The van der Waals surface area contributed by atoms with Gasteiger partial charge in [-0.25, -0.2) is 4.79 Å². The average Bonchev–Trinajstić information content (AvgIpc) is 2.78. The number of hydrogen-bond acceptors (Lipinski definition) is 2. The zero-order chi connectivity index (χ0) is 16.1. The number of nitrogens with one attached hydrogen (secondary N) is 2. The SMILES string of the molecule is O=C1C[C@@H](c2ccccc2)N(C(=O)NC2CCCCC2)CCN1. The van der Waals surface area contributed by atoms with Crippen LogP contribution in [0.25, 0.3) is 0 Å². The lowest BCUT2D eigenvalue weighted by Crippen LogP contribution is -2.47. The fourth-order valence-corrected chi connectivity index (χ4v) is 3.55. The Morgan fingerprint density at radius 1 is 1.13 bits per heavy atom. The van der Waals surface area contributed by atoms with Crippen LogP contribution in [0.4, 0.5) is 4.79 Å². The highest BCUT2D eigenvalue weighted by Crippen LogP contribution is 2.26. The van der Waals surface area contributed by atoms with Crippen molar-refractivity contribution in [1.29, 1.82) is 0 Å². The molecule has 0 unspecified atom stereocenters. The molecule has 0 bridgehead atoms. The molecule has 2 N–H and O–H groups in total. The van der Waals surface area contributed by atoms with E-state index in [1.807, 2.05) is 35.2 Å². The maximum absolute atomic E-state index is 12.8. The number of rotatable bonds is 2. The van der Waals surface area contributed by atoms with Gasteiger partial charge in [0.2, 0.25) is 5.91 Å². The van der Waals surface area contributed by atoms with E-state index in [9.17, 15) is 9.59 Å². The summed E-state index contributed by atoms with van der Waals surface area (Å²) in [5.74, 6) is 0.00631. The van der Waals surface area contributed by atoms with Crippen LogP contribution in [-0.4, -0.2) is 36.0 Å². The maximum atomic E-state index is 12.8. The molecule has 1 aliphatic carbocycles. The summed E-state index contributed by atoms with van der Waals surface area (Å²) in [6, 6.07) is 9.88. The first kappa shape index (κ1) is 15.8. The Hall–Kier alpha value is -2.04. The number of carbonyl (C=O) groups is 2. The second kappa shape index (κ2) is 7.49. The Morgan fingerprint density at radius 2 is 1.87 bits per heavy atom. The lowest BCUT2D eigenvalue weighted by molar-refractivity contribution is -0.121. The van der Waals surface area contributed by atoms with E-state index in [2.05, 4.69) is 10.6 Å². The van der Waals surface area contributed by atoms with Crippen LogP contribution in [0.15, 0.2) is 30.3 Å². The Labute approximate surface area is 137 Å². The highest BCUT2D eigenvalue weighted by Gasteiger charge is 2.30. The van der Waals surface area contributed by atoms with Crippen molar-refractivity contribution < 1.29 is 9.59 Å². The van der Waals surface area contributed by atoms with Gasteiger partial charge in [-0.3, -0.25) is 4.79 Å². The molecular formula is C18H25N3O2. The zero-order valence-corrected chi connectivity index (χ0v) is 13.5. The van der Waals surface area contributed by atoms with Gasteiger partial charge in [0.25, 0.3) is 0 Å². The van der Waals surface area contributed by atoms with Gasteiger partial charge in [0.15, 0.2) is 0 Å². The van der Waals surface area contributed by atoms with E-state index in [1.165, 1.54) is 19.3 Å². The summed E-state index contributed by atoms with van der Waals surface area (Å²) in [6.07, 6.45) is 6.09. The van der Waals surface area contributed by atoms with Gasteiger partial charge in [-0.1, -0.05) is 49.6 Å². The van der Waals surface area contributed by atoms with Gasteiger partial charge in [-0.15, -0.1) is 0 Å². The highest BCUT2D eigenvalue weighted by atomic mass is 16.2. The number of hydrogen-bond donors (Lipinski definition) is 2. The van der Waals surface area contributed by atoms with Gasteiger partial charge < -0.3 is 15.5 Å². The zero-order valence-electron chi connectivity index (χ0n) is 13.5. The van der Waals surface area contributed by atoms with Gasteiger partial charge in [-0.2, -0.15) is 0 Å². The average molecular weight is 315 g/mol. The summed E-state index contributed by atoms with van der Waals surface area (Å²) in [5, 5.41) is 6.05. The van der Waals surface area contributed by atoms with Gasteiger partial charge >= 0.3 is 6.03 Å². The maximum Gasteiger partial charge on any atom is 0.318 e. The molecule has 2 fully saturated rings. The van der Waals surface area contributed by atoms with Crippen LogP contribution in [0.1, 0.15) is 50.1 Å². The third kappa shape index (κ3) is 4.03. The molecule has 0 radical (unpaired) electrons. The van der Waals surface area contributed by atoms with E-state index in [4.69, 9.17) is 0 Å². The number of benzene rings is 1. The molecule has 3 amide bonds. The lowest BCUT2D eigenvalue weighted by atomic mass is 9.95. The second-order valence-electron chi connectivity index (χ2n) is 6.46. The number of amides is 3. The van der Waals surface area contributed by atoms with Crippen LogP contribution in [0.5, 0.6) is 0 Å². The second-order valence-corrected chi connectivity index (χ2v) is 6.46. The molecule has 1 aromatic carbocycles. The topological polar surface area (TPSA) is 61.4 Å². The molecule has 1 atom stereocenters. The minimum Gasteiger partial charge on any atom is -0.354 e.